The number of aromatic nitrogens is 2. The number of thiazole rings is 1. The van der Waals surface area contributed by atoms with Gasteiger partial charge in [0.25, 0.3) is 5.92 Å². The number of nitrogens with one attached hydrogen (secondary N) is 1. The van der Waals surface area contributed by atoms with Crippen molar-refractivity contribution >= 4 is 28.9 Å². The van der Waals surface area contributed by atoms with Crippen LogP contribution in [-0.2, 0) is 4.79 Å². The van der Waals surface area contributed by atoms with Gasteiger partial charge in [0, 0.05) is 37.2 Å². The maximum absolute atomic E-state index is 13.2. The molecule has 0 spiro atoms. The SMILES string of the molecule is CC(=O)Nc1csc(-c2ccc(N3CC4C(C3)C4(F)F)nc2)n1. The third kappa shape index (κ3) is 2.46. The fourth-order valence-corrected chi connectivity index (χ4v) is 3.78. The van der Waals surface area contributed by atoms with Crippen LogP contribution in [0.1, 0.15) is 6.92 Å². The van der Waals surface area contributed by atoms with Gasteiger partial charge in [-0.2, -0.15) is 0 Å². The van der Waals surface area contributed by atoms with E-state index in [0.29, 0.717) is 18.9 Å². The summed E-state index contributed by atoms with van der Waals surface area (Å²) in [4.78, 5) is 21.6. The van der Waals surface area contributed by atoms with Crippen LogP contribution in [0.4, 0.5) is 20.4 Å². The standard InChI is InChI=1S/C15H14F2N4OS/c1-8(22)19-12-7-23-14(20-12)9-2-3-13(18-4-9)21-5-10-11(6-21)15(10,16)17/h2-4,7,10-11H,5-6H2,1H3,(H,19,22). The fourth-order valence-electron chi connectivity index (χ4n) is 3.04. The Labute approximate surface area is 135 Å². The largest absolute Gasteiger partial charge is 0.356 e. The zero-order chi connectivity index (χ0) is 16.2. The van der Waals surface area contributed by atoms with E-state index in [1.165, 1.54) is 18.3 Å². The van der Waals surface area contributed by atoms with E-state index in [9.17, 15) is 13.6 Å². The minimum atomic E-state index is -2.47. The zero-order valence-electron chi connectivity index (χ0n) is 12.3. The molecule has 2 aliphatic rings. The highest BCUT2D eigenvalue weighted by Gasteiger charge is 2.71. The Kier molecular flexibility index (Phi) is 3.12. The minimum absolute atomic E-state index is 0.167. The Bertz CT molecular complexity index is 747. The lowest BCUT2D eigenvalue weighted by Gasteiger charge is -2.20. The first-order chi connectivity index (χ1) is 10.9. The quantitative estimate of drug-likeness (QED) is 0.936. The van der Waals surface area contributed by atoms with Crippen molar-refractivity contribution in [2.24, 2.45) is 11.8 Å². The van der Waals surface area contributed by atoms with Crippen molar-refractivity contribution in [1.82, 2.24) is 9.97 Å². The van der Waals surface area contributed by atoms with Gasteiger partial charge in [-0.3, -0.25) is 4.79 Å². The molecule has 1 aliphatic heterocycles. The molecule has 1 saturated heterocycles. The van der Waals surface area contributed by atoms with Crippen LogP contribution in [0.25, 0.3) is 10.6 Å². The summed E-state index contributed by atoms with van der Waals surface area (Å²) in [5.74, 6) is -2.43. The molecule has 0 bridgehead atoms. The number of carbonyl (C=O) groups excluding carboxylic acids is 1. The number of carbonyl (C=O) groups is 1. The third-order valence-corrected chi connectivity index (χ3v) is 5.22. The van der Waals surface area contributed by atoms with Gasteiger partial charge < -0.3 is 10.2 Å². The van der Waals surface area contributed by atoms with E-state index in [4.69, 9.17) is 0 Å². The minimum Gasteiger partial charge on any atom is -0.356 e. The maximum Gasteiger partial charge on any atom is 0.258 e. The van der Waals surface area contributed by atoms with Gasteiger partial charge in [0.2, 0.25) is 5.91 Å². The van der Waals surface area contributed by atoms with Crippen molar-refractivity contribution in [1.29, 1.82) is 0 Å². The summed E-state index contributed by atoms with van der Waals surface area (Å²) in [7, 11) is 0. The lowest BCUT2D eigenvalue weighted by Crippen LogP contribution is -2.27. The van der Waals surface area contributed by atoms with Gasteiger partial charge in [-0.15, -0.1) is 11.3 Å². The summed E-state index contributed by atoms with van der Waals surface area (Å²) >= 11 is 1.41. The predicted octanol–water partition coefficient (Wildman–Crippen LogP) is 2.86. The molecule has 0 radical (unpaired) electrons. The number of amides is 1. The lowest BCUT2D eigenvalue weighted by atomic mass is 10.3. The van der Waals surface area contributed by atoms with E-state index < -0.39 is 17.8 Å². The molecule has 2 fully saturated rings. The van der Waals surface area contributed by atoms with Crippen LogP contribution in [0.5, 0.6) is 0 Å². The molecule has 2 unspecified atom stereocenters. The molecule has 1 N–H and O–H groups in total. The Morgan fingerprint density at radius 2 is 2.13 bits per heavy atom. The zero-order valence-corrected chi connectivity index (χ0v) is 13.1. The van der Waals surface area contributed by atoms with Crippen molar-refractivity contribution < 1.29 is 13.6 Å². The molecule has 2 aromatic heterocycles. The second kappa shape index (κ2) is 4.95. The number of nitrogens with zero attached hydrogens (tertiary/aromatic N) is 3. The number of hydrogen-bond donors (Lipinski definition) is 1. The Hall–Kier alpha value is -2.09. The van der Waals surface area contributed by atoms with Crippen molar-refractivity contribution in [3.8, 4) is 10.6 Å². The maximum atomic E-state index is 13.2. The molecule has 8 heteroatoms. The molecule has 5 nitrogen and oxygen atoms in total. The van der Waals surface area contributed by atoms with Gasteiger partial charge in [0.1, 0.15) is 16.6 Å². The fraction of sp³-hybridized carbons (Fsp3) is 0.400. The highest BCUT2D eigenvalue weighted by Crippen LogP contribution is 2.59. The molecule has 4 rings (SSSR count). The van der Waals surface area contributed by atoms with Crippen LogP contribution < -0.4 is 10.2 Å². The predicted molar refractivity (Wildman–Crippen MR) is 83.8 cm³/mol. The highest BCUT2D eigenvalue weighted by molar-refractivity contribution is 7.13. The van der Waals surface area contributed by atoms with Gasteiger partial charge in [0.05, 0.1) is 11.8 Å². The van der Waals surface area contributed by atoms with Gasteiger partial charge in [-0.25, -0.2) is 18.7 Å². The van der Waals surface area contributed by atoms with Crippen molar-refractivity contribution in [3.63, 3.8) is 0 Å². The summed E-state index contributed by atoms with van der Waals surface area (Å²) < 4.78 is 26.4. The normalized spacial score (nSPS) is 24.4. The first kappa shape index (κ1) is 14.5. The van der Waals surface area contributed by atoms with Gasteiger partial charge >= 0.3 is 0 Å². The average molecular weight is 336 g/mol. The number of fused-ring (bicyclic) bond motifs is 1. The number of halogens is 2. The van der Waals surface area contributed by atoms with E-state index in [2.05, 4.69) is 15.3 Å². The molecular formula is C15H14F2N4OS. The monoisotopic (exact) mass is 336 g/mol. The first-order valence-electron chi connectivity index (χ1n) is 7.27. The second-order valence-corrected chi connectivity index (χ2v) is 6.77. The van der Waals surface area contributed by atoms with Crippen LogP contribution in [0.15, 0.2) is 23.7 Å². The van der Waals surface area contributed by atoms with E-state index in [1.54, 1.807) is 11.6 Å². The Morgan fingerprint density at radius 3 is 2.74 bits per heavy atom. The average Bonchev–Trinajstić information content (AvgIpc) is 2.98. The molecular weight excluding hydrogens is 322 g/mol. The number of pyridine rings is 1. The van der Waals surface area contributed by atoms with Gasteiger partial charge in [-0.1, -0.05) is 0 Å². The molecule has 23 heavy (non-hydrogen) atoms. The van der Waals surface area contributed by atoms with Crippen LogP contribution in [0.2, 0.25) is 0 Å². The molecule has 1 amide bonds. The number of alkyl halides is 2. The van der Waals surface area contributed by atoms with Gasteiger partial charge in [0.15, 0.2) is 0 Å². The first-order valence-corrected chi connectivity index (χ1v) is 8.15. The molecule has 120 valence electrons. The van der Waals surface area contributed by atoms with E-state index in [-0.39, 0.29) is 5.91 Å². The summed E-state index contributed by atoms with van der Waals surface area (Å²) in [6, 6.07) is 3.71. The van der Waals surface area contributed by atoms with E-state index in [0.717, 1.165) is 16.4 Å². The van der Waals surface area contributed by atoms with Crippen LogP contribution >= 0.6 is 11.3 Å². The molecule has 1 saturated carbocycles. The second-order valence-electron chi connectivity index (χ2n) is 5.92. The van der Waals surface area contributed by atoms with Crippen molar-refractivity contribution in [2.45, 2.75) is 12.8 Å². The lowest BCUT2D eigenvalue weighted by molar-refractivity contribution is -0.114. The molecule has 1 aliphatic carbocycles. The summed E-state index contributed by atoms with van der Waals surface area (Å²) in [5, 5.41) is 5.15. The molecule has 3 heterocycles. The van der Waals surface area contributed by atoms with Crippen LogP contribution in [0.3, 0.4) is 0 Å². The molecule has 0 aromatic carbocycles. The van der Waals surface area contributed by atoms with Crippen LogP contribution in [0, 0.1) is 11.8 Å². The smallest absolute Gasteiger partial charge is 0.258 e. The number of rotatable bonds is 3. The number of hydrogen-bond acceptors (Lipinski definition) is 5. The Balaban J connectivity index is 1.46. The molecule has 2 atom stereocenters. The van der Waals surface area contributed by atoms with Crippen molar-refractivity contribution in [2.75, 3.05) is 23.3 Å². The number of piperidine rings is 1. The summed E-state index contributed by atoms with van der Waals surface area (Å²) in [5.41, 5.74) is 0.838. The van der Waals surface area contributed by atoms with Gasteiger partial charge in [-0.05, 0) is 12.1 Å². The molecule has 2 aromatic rings. The summed E-state index contributed by atoms with van der Waals surface area (Å²) in [6.45, 7) is 2.17. The Morgan fingerprint density at radius 1 is 1.39 bits per heavy atom. The van der Waals surface area contributed by atoms with E-state index in [1.807, 2.05) is 17.0 Å². The topological polar surface area (TPSA) is 58.1 Å². The number of anilines is 2. The van der Waals surface area contributed by atoms with Crippen molar-refractivity contribution in [3.05, 3.63) is 23.7 Å². The van der Waals surface area contributed by atoms with Crippen LogP contribution in [-0.4, -0.2) is 34.9 Å². The highest BCUT2D eigenvalue weighted by atomic mass is 32.1. The third-order valence-electron chi connectivity index (χ3n) is 4.33. The van der Waals surface area contributed by atoms with E-state index >= 15 is 0 Å². The summed E-state index contributed by atoms with van der Waals surface area (Å²) in [6.07, 6.45) is 1.69.